The summed E-state index contributed by atoms with van der Waals surface area (Å²) < 4.78 is 0. The number of carbonyl (C=O) groups is 1. The van der Waals surface area contributed by atoms with Gasteiger partial charge < -0.3 is 11.1 Å². The monoisotopic (exact) mass is 278 g/mol. The highest BCUT2D eigenvalue weighted by molar-refractivity contribution is 7.99. The normalized spacial score (nSPS) is 23.0. The van der Waals surface area contributed by atoms with E-state index in [0.717, 1.165) is 12.0 Å². The van der Waals surface area contributed by atoms with Crippen molar-refractivity contribution in [2.45, 2.75) is 43.4 Å². The van der Waals surface area contributed by atoms with Gasteiger partial charge in [0.1, 0.15) is 0 Å². The molecule has 0 bridgehead atoms. The highest BCUT2D eigenvalue weighted by atomic mass is 32.2. The van der Waals surface area contributed by atoms with Crippen molar-refractivity contribution >= 4 is 23.4 Å². The van der Waals surface area contributed by atoms with Gasteiger partial charge >= 0.3 is 0 Å². The van der Waals surface area contributed by atoms with Crippen molar-refractivity contribution < 1.29 is 4.79 Å². The summed E-state index contributed by atoms with van der Waals surface area (Å²) in [6, 6.07) is 7.88. The third kappa shape index (κ3) is 4.16. The zero-order chi connectivity index (χ0) is 13.7. The molecule has 0 aliphatic heterocycles. The molecular weight excluding hydrogens is 256 g/mol. The lowest BCUT2D eigenvalue weighted by Gasteiger charge is -2.31. The number of anilines is 1. The molecule has 1 aliphatic rings. The second kappa shape index (κ2) is 6.85. The van der Waals surface area contributed by atoms with Gasteiger partial charge in [0.05, 0.1) is 6.42 Å². The molecule has 1 saturated carbocycles. The van der Waals surface area contributed by atoms with Crippen molar-refractivity contribution in [3.8, 4) is 0 Å². The first-order valence-corrected chi connectivity index (χ1v) is 8.14. The van der Waals surface area contributed by atoms with Gasteiger partial charge in [0.25, 0.3) is 0 Å². The molecule has 3 nitrogen and oxygen atoms in total. The first kappa shape index (κ1) is 14.3. The van der Waals surface area contributed by atoms with Crippen LogP contribution in [0.4, 0.5) is 5.69 Å². The Kier molecular flexibility index (Phi) is 5.14. The van der Waals surface area contributed by atoms with E-state index in [9.17, 15) is 4.79 Å². The molecule has 1 amide bonds. The first-order valence-electron chi connectivity index (χ1n) is 6.85. The molecule has 1 aromatic rings. The molecule has 4 heteroatoms. The molecule has 3 N–H and O–H groups in total. The van der Waals surface area contributed by atoms with Crippen LogP contribution in [0.25, 0.3) is 0 Å². The molecule has 2 unspecified atom stereocenters. The molecule has 0 radical (unpaired) electrons. The molecule has 2 rings (SSSR count). The summed E-state index contributed by atoms with van der Waals surface area (Å²) in [5.41, 5.74) is 7.42. The van der Waals surface area contributed by atoms with Crippen LogP contribution in [0, 0.1) is 0 Å². The van der Waals surface area contributed by atoms with Crippen LogP contribution in [-0.2, 0) is 11.2 Å². The number of benzene rings is 1. The number of amides is 1. The number of nitrogens with one attached hydrogen (secondary N) is 1. The van der Waals surface area contributed by atoms with Gasteiger partial charge in [-0.3, -0.25) is 4.79 Å². The van der Waals surface area contributed by atoms with Gasteiger partial charge in [-0.2, -0.15) is 11.8 Å². The molecule has 19 heavy (non-hydrogen) atoms. The quantitative estimate of drug-likeness (QED) is 0.832. The lowest BCUT2D eigenvalue weighted by Crippen LogP contribution is -2.44. The Balaban J connectivity index is 1.90. The van der Waals surface area contributed by atoms with Crippen LogP contribution < -0.4 is 11.1 Å². The molecule has 104 valence electrons. The van der Waals surface area contributed by atoms with E-state index in [1.165, 1.54) is 19.3 Å². The van der Waals surface area contributed by atoms with Gasteiger partial charge in [-0.05, 0) is 36.8 Å². The maximum Gasteiger partial charge on any atom is 0.224 e. The molecule has 1 aliphatic carbocycles. The predicted octanol–water partition coefficient (Wildman–Crippen LogP) is 2.60. The Labute approximate surface area is 119 Å². The summed E-state index contributed by atoms with van der Waals surface area (Å²) in [5.74, 6) is 0.108. The molecule has 0 spiro atoms. The second-order valence-electron chi connectivity index (χ2n) is 5.15. The number of rotatable bonds is 4. The average Bonchev–Trinajstić information content (AvgIpc) is 2.39. The highest BCUT2D eigenvalue weighted by Gasteiger charge is 2.25. The maximum absolute atomic E-state index is 12.1. The maximum atomic E-state index is 12.1. The third-order valence-electron chi connectivity index (χ3n) is 3.67. The van der Waals surface area contributed by atoms with Crippen LogP contribution >= 0.6 is 11.8 Å². The number of hydrogen-bond donors (Lipinski definition) is 2. The highest BCUT2D eigenvalue weighted by Crippen LogP contribution is 2.27. The van der Waals surface area contributed by atoms with Gasteiger partial charge in [0.2, 0.25) is 5.91 Å². The Morgan fingerprint density at radius 1 is 1.42 bits per heavy atom. The van der Waals surface area contributed by atoms with E-state index in [1.807, 2.05) is 36.0 Å². The van der Waals surface area contributed by atoms with E-state index >= 15 is 0 Å². The van der Waals surface area contributed by atoms with Crippen LogP contribution in [0.3, 0.4) is 0 Å². The summed E-state index contributed by atoms with van der Waals surface area (Å²) in [6.07, 6.45) is 7.38. The zero-order valence-electron chi connectivity index (χ0n) is 11.4. The van der Waals surface area contributed by atoms with E-state index in [1.54, 1.807) is 0 Å². The summed E-state index contributed by atoms with van der Waals surface area (Å²) in [7, 11) is 0. The van der Waals surface area contributed by atoms with Crippen molar-refractivity contribution in [3.63, 3.8) is 0 Å². The molecule has 0 heterocycles. The number of hydrogen-bond acceptors (Lipinski definition) is 3. The van der Waals surface area contributed by atoms with Gasteiger partial charge in [0, 0.05) is 17.0 Å². The van der Waals surface area contributed by atoms with E-state index in [-0.39, 0.29) is 5.91 Å². The fourth-order valence-corrected chi connectivity index (χ4v) is 3.63. The lowest BCUT2D eigenvalue weighted by atomic mass is 9.94. The Morgan fingerprint density at radius 2 is 2.21 bits per heavy atom. The van der Waals surface area contributed by atoms with Gasteiger partial charge in [-0.15, -0.1) is 0 Å². The number of nitrogens with two attached hydrogens (primary N) is 1. The summed E-state index contributed by atoms with van der Waals surface area (Å²) in [4.78, 5) is 12.1. The fourth-order valence-electron chi connectivity index (χ4n) is 2.69. The number of thioether (sulfide) groups is 1. The fraction of sp³-hybridized carbons (Fsp3) is 0.533. The predicted molar refractivity (Wildman–Crippen MR) is 82.3 cm³/mol. The summed E-state index contributed by atoms with van der Waals surface area (Å²) in [5, 5.41) is 3.76. The minimum atomic E-state index is 0.108. The molecule has 0 aromatic heterocycles. The molecule has 1 fully saturated rings. The smallest absolute Gasteiger partial charge is 0.224 e. The van der Waals surface area contributed by atoms with Gasteiger partial charge in [-0.1, -0.05) is 25.0 Å². The van der Waals surface area contributed by atoms with E-state index in [2.05, 4.69) is 11.6 Å². The van der Waals surface area contributed by atoms with Crippen LogP contribution in [0.2, 0.25) is 0 Å². The Bertz CT molecular complexity index is 436. The molecule has 2 atom stereocenters. The third-order valence-corrected chi connectivity index (χ3v) is 4.84. The van der Waals surface area contributed by atoms with Gasteiger partial charge in [-0.25, -0.2) is 0 Å². The minimum absolute atomic E-state index is 0.108. The van der Waals surface area contributed by atoms with Crippen molar-refractivity contribution in [1.29, 1.82) is 0 Å². The van der Waals surface area contributed by atoms with E-state index in [0.29, 0.717) is 23.4 Å². The second-order valence-corrected chi connectivity index (χ2v) is 6.23. The summed E-state index contributed by atoms with van der Waals surface area (Å²) in [6.45, 7) is 0. The molecule has 0 saturated heterocycles. The van der Waals surface area contributed by atoms with Crippen LogP contribution in [0.15, 0.2) is 24.3 Å². The van der Waals surface area contributed by atoms with Crippen molar-refractivity contribution in [2.24, 2.45) is 0 Å². The Hall–Kier alpha value is -1.16. The largest absolute Gasteiger partial charge is 0.399 e. The minimum Gasteiger partial charge on any atom is -0.399 e. The van der Waals surface area contributed by atoms with Crippen LogP contribution in [0.1, 0.15) is 31.2 Å². The Morgan fingerprint density at radius 3 is 2.95 bits per heavy atom. The molecule has 1 aromatic carbocycles. The van der Waals surface area contributed by atoms with Gasteiger partial charge in [0.15, 0.2) is 0 Å². The van der Waals surface area contributed by atoms with E-state index in [4.69, 9.17) is 5.73 Å². The number of nitrogen functional groups attached to an aromatic ring is 1. The zero-order valence-corrected chi connectivity index (χ0v) is 12.2. The van der Waals surface area contributed by atoms with Crippen molar-refractivity contribution in [3.05, 3.63) is 29.8 Å². The topological polar surface area (TPSA) is 55.1 Å². The van der Waals surface area contributed by atoms with Crippen molar-refractivity contribution in [1.82, 2.24) is 5.32 Å². The van der Waals surface area contributed by atoms with Crippen molar-refractivity contribution in [2.75, 3.05) is 12.0 Å². The van der Waals surface area contributed by atoms with E-state index < -0.39 is 0 Å². The number of carbonyl (C=O) groups excluding carboxylic acids is 1. The molecular formula is C15H22N2OS. The SMILES string of the molecule is CSC1CCCCC1NC(=O)Cc1cccc(N)c1. The summed E-state index contributed by atoms with van der Waals surface area (Å²) >= 11 is 1.87. The first-order chi connectivity index (χ1) is 9.19. The van der Waals surface area contributed by atoms with Crippen LogP contribution in [-0.4, -0.2) is 23.5 Å². The average molecular weight is 278 g/mol. The lowest BCUT2D eigenvalue weighted by molar-refractivity contribution is -0.121. The van der Waals surface area contributed by atoms with Crippen LogP contribution in [0.5, 0.6) is 0 Å². The standard InChI is InChI=1S/C15H22N2OS/c1-19-14-8-3-2-7-13(14)17-15(18)10-11-5-4-6-12(16)9-11/h4-6,9,13-14H,2-3,7-8,10,16H2,1H3,(H,17,18).